The molecule has 0 bridgehead atoms. The first-order chi connectivity index (χ1) is 11.5. The second kappa shape index (κ2) is 6.71. The van der Waals surface area contributed by atoms with Crippen molar-refractivity contribution in [1.82, 2.24) is 10.4 Å². The highest BCUT2D eigenvalue weighted by molar-refractivity contribution is 6.00. The molecule has 0 aliphatic carbocycles. The van der Waals surface area contributed by atoms with E-state index in [-0.39, 0.29) is 5.91 Å². The normalized spacial score (nSPS) is 11.3. The van der Waals surface area contributed by atoms with Crippen LogP contribution in [0.4, 0.5) is 0 Å². The molecular weight excluding hydrogens is 298 g/mol. The number of amides is 1. The van der Waals surface area contributed by atoms with Crippen LogP contribution in [0.25, 0.3) is 10.9 Å². The summed E-state index contributed by atoms with van der Waals surface area (Å²) in [5, 5.41) is 5.22. The Kier molecular flexibility index (Phi) is 4.47. The first-order valence-electron chi connectivity index (χ1n) is 8.00. The van der Waals surface area contributed by atoms with Crippen molar-refractivity contribution in [3.05, 3.63) is 70.4 Å². The van der Waals surface area contributed by atoms with Crippen LogP contribution in [0.5, 0.6) is 0 Å². The largest absolute Gasteiger partial charge is 0.358 e. The quantitative estimate of drug-likeness (QED) is 0.558. The zero-order valence-corrected chi connectivity index (χ0v) is 14.2. The Balaban J connectivity index is 1.69. The number of H-pyrrole nitrogens is 1. The zero-order chi connectivity index (χ0) is 17.1. The number of rotatable bonds is 4. The molecule has 2 N–H and O–H groups in total. The van der Waals surface area contributed by atoms with Crippen LogP contribution in [-0.4, -0.2) is 17.1 Å². The molecule has 122 valence electrons. The lowest BCUT2D eigenvalue weighted by molar-refractivity contribution is -0.120. The minimum absolute atomic E-state index is 0.115. The molecule has 24 heavy (non-hydrogen) atoms. The van der Waals surface area contributed by atoms with Crippen LogP contribution in [0, 0.1) is 20.8 Å². The molecule has 0 aliphatic rings. The Morgan fingerprint density at radius 1 is 1.17 bits per heavy atom. The molecule has 0 atom stereocenters. The van der Waals surface area contributed by atoms with Gasteiger partial charge >= 0.3 is 0 Å². The standard InChI is InChI=1S/C20H21N3O/c1-13-8-9-16(14(2)10-13)11-20(24)23-21-12-18-15(3)22-19-7-5-4-6-17(18)19/h4-10,12,22H,11H2,1-3H3,(H,23,24)/b21-12-. The molecule has 3 aromatic rings. The van der Waals surface area contributed by atoms with Gasteiger partial charge in [0.15, 0.2) is 0 Å². The van der Waals surface area contributed by atoms with Gasteiger partial charge in [0.1, 0.15) is 0 Å². The van der Waals surface area contributed by atoms with Crippen LogP contribution < -0.4 is 5.43 Å². The number of carbonyl (C=O) groups is 1. The summed E-state index contributed by atoms with van der Waals surface area (Å²) in [5.41, 5.74) is 9.07. The van der Waals surface area contributed by atoms with Crippen molar-refractivity contribution >= 4 is 23.0 Å². The molecule has 1 aromatic heterocycles. The van der Waals surface area contributed by atoms with Crippen molar-refractivity contribution in [2.24, 2.45) is 5.10 Å². The van der Waals surface area contributed by atoms with Gasteiger partial charge in [-0.05, 0) is 38.0 Å². The van der Waals surface area contributed by atoms with Gasteiger partial charge in [-0.25, -0.2) is 5.43 Å². The molecule has 0 fully saturated rings. The highest BCUT2D eigenvalue weighted by Crippen LogP contribution is 2.19. The molecule has 0 saturated carbocycles. The van der Waals surface area contributed by atoms with Gasteiger partial charge in [-0.15, -0.1) is 0 Å². The number of hydrazone groups is 1. The van der Waals surface area contributed by atoms with Crippen LogP contribution >= 0.6 is 0 Å². The van der Waals surface area contributed by atoms with E-state index in [0.717, 1.165) is 33.3 Å². The molecule has 4 heteroatoms. The maximum Gasteiger partial charge on any atom is 0.244 e. The van der Waals surface area contributed by atoms with Crippen molar-refractivity contribution in [3.63, 3.8) is 0 Å². The zero-order valence-electron chi connectivity index (χ0n) is 14.2. The number of nitrogens with one attached hydrogen (secondary N) is 2. The lowest BCUT2D eigenvalue weighted by atomic mass is 10.0. The third kappa shape index (κ3) is 3.38. The van der Waals surface area contributed by atoms with Gasteiger partial charge in [0.25, 0.3) is 0 Å². The minimum Gasteiger partial charge on any atom is -0.358 e. The first kappa shape index (κ1) is 16.0. The smallest absolute Gasteiger partial charge is 0.244 e. The highest BCUT2D eigenvalue weighted by atomic mass is 16.2. The minimum atomic E-state index is -0.115. The molecule has 1 amide bonds. The van der Waals surface area contributed by atoms with Gasteiger partial charge in [0, 0.05) is 22.2 Å². The van der Waals surface area contributed by atoms with Crippen LogP contribution in [-0.2, 0) is 11.2 Å². The Morgan fingerprint density at radius 2 is 1.96 bits per heavy atom. The van der Waals surface area contributed by atoms with Crippen LogP contribution in [0.1, 0.15) is 27.9 Å². The maximum atomic E-state index is 12.1. The monoisotopic (exact) mass is 319 g/mol. The fourth-order valence-electron chi connectivity index (χ4n) is 2.89. The second-order valence-electron chi connectivity index (χ2n) is 6.11. The van der Waals surface area contributed by atoms with Crippen LogP contribution in [0.2, 0.25) is 0 Å². The Hall–Kier alpha value is -2.88. The number of fused-ring (bicyclic) bond motifs is 1. The van der Waals surface area contributed by atoms with Crippen molar-refractivity contribution in [2.45, 2.75) is 27.2 Å². The number of carbonyl (C=O) groups excluding carboxylic acids is 1. The van der Waals surface area contributed by atoms with E-state index in [4.69, 9.17) is 0 Å². The number of para-hydroxylation sites is 1. The first-order valence-corrected chi connectivity index (χ1v) is 8.00. The summed E-state index contributed by atoms with van der Waals surface area (Å²) in [7, 11) is 0. The van der Waals surface area contributed by atoms with E-state index in [1.807, 2.05) is 57.2 Å². The van der Waals surface area contributed by atoms with E-state index in [2.05, 4.69) is 21.6 Å². The summed E-state index contributed by atoms with van der Waals surface area (Å²) in [4.78, 5) is 15.4. The summed E-state index contributed by atoms with van der Waals surface area (Å²) in [5.74, 6) is -0.115. The Morgan fingerprint density at radius 3 is 2.75 bits per heavy atom. The van der Waals surface area contributed by atoms with Crippen molar-refractivity contribution in [1.29, 1.82) is 0 Å². The summed E-state index contributed by atoms with van der Waals surface area (Å²) < 4.78 is 0. The van der Waals surface area contributed by atoms with E-state index in [0.29, 0.717) is 6.42 Å². The number of aromatic amines is 1. The van der Waals surface area contributed by atoms with E-state index >= 15 is 0 Å². The second-order valence-corrected chi connectivity index (χ2v) is 6.11. The molecule has 1 heterocycles. The Labute approximate surface area is 141 Å². The average Bonchev–Trinajstić information content (AvgIpc) is 2.86. The lowest BCUT2D eigenvalue weighted by Crippen LogP contribution is -2.20. The highest BCUT2D eigenvalue weighted by Gasteiger charge is 2.07. The number of benzene rings is 2. The molecule has 0 saturated heterocycles. The lowest BCUT2D eigenvalue weighted by Gasteiger charge is -2.05. The van der Waals surface area contributed by atoms with E-state index in [9.17, 15) is 4.79 Å². The summed E-state index contributed by atoms with van der Waals surface area (Å²) in [6.45, 7) is 6.07. The molecule has 0 unspecified atom stereocenters. The van der Waals surface area contributed by atoms with Gasteiger partial charge in [-0.2, -0.15) is 5.10 Å². The molecule has 4 nitrogen and oxygen atoms in total. The van der Waals surface area contributed by atoms with Gasteiger partial charge < -0.3 is 4.98 Å². The maximum absolute atomic E-state index is 12.1. The fraction of sp³-hybridized carbons (Fsp3) is 0.200. The third-order valence-electron chi connectivity index (χ3n) is 4.18. The number of hydrogen-bond acceptors (Lipinski definition) is 2. The van der Waals surface area contributed by atoms with Crippen LogP contribution in [0.15, 0.2) is 47.6 Å². The van der Waals surface area contributed by atoms with Crippen molar-refractivity contribution < 1.29 is 4.79 Å². The van der Waals surface area contributed by atoms with Crippen LogP contribution in [0.3, 0.4) is 0 Å². The molecule has 2 aromatic carbocycles. The topological polar surface area (TPSA) is 57.2 Å². The summed E-state index contributed by atoms with van der Waals surface area (Å²) in [6.07, 6.45) is 2.03. The predicted molar refractivity (Wildman–Crippen MR) is 98.4 cm³/mol. The van der Waals surface area contributed by atoms with Gasteiger partial charge in [-0.1, -0.05) is 42.0 Å². The molecular formula is C20H21N3O. The van der Waals surface area contributed by atoms with E-state index < -0.39 is 0 Å². The number of nitrogens with zero attached hydrogens (tertiary/aromatic N) is 1. The summed E-state index contributed by atoms with van der Waals surface area (Å²) in [6, 6.07) is 14.2. The molecule has 3 rings (SSSR count). The molecule has 0 aliphatic heterocycles. The molecule has 0 radical (unpaired) electrons. The van der Waals surface area contributed by atoms with Gasteiger partial charge in [0.2, 0.25) is 5.91 Å². The Bertz CT molecular complexity index is 922. The summed E-state index contributed by atoms with van der Waals surface area (Å²) >= 11 is 0. The van der Waals surface area contributed by atoms with E-state index in [1.54, 1.807) is 6.21 Å². The van der Waals surface area contributed by atoms with Gasteiger partial charge in [-0.3, -0.25) is 4.79 Å². The average molecular weight is 319 g/mol. The number of aryl methyl sites for hydroxylation is 3. The molecule has 0 spiro atoms. The number of hydrogen-bond donors (Lipinski definition) is 2. The number of aromatic nitrogens is 1. The SMILES string of the molecule is Cc1ccc(CC(=O)N/N=C\c2c(C)[nH]c3ccccc23)c(C)c1. The third-order valence-corrected chi connectivity index (χ3v) is 4.18. The van der Waals surface area contributed by atoms with E-state index in [1.165, 1.54) is 5.56 Å². The van der Waals surface area contributed by atoms with Crippen molar-refractivity contribution in [2.75, 3.05) is 0 Å². The van der Waals surface area contributed by atoms with Crippen molar-refractivity contribution in [3.8, 4) is 0 Å². The van der Waals surface area contributed by atoms with Gasteiger partial charge in [0.05, 0.1) is 12.6 Å². The predicted octanol–water partition coefficient (Wildman–Crippen LogP) is 3.79. The fourth-order valence-corrected chi connectivity index (χ4v) is 2.89.